The number of ether oxygens (including phenoxy) is 1. The number of anilines is 1. The summed E-state index contributed by atoms with van der Waals surface area (Å²) >= 11 is 0. The van der Waals surface area contributed by atoms with E-state index in [1.165, 1.54) is 25.3 Å². The molecule has 6 nitrogen and oxygen atoms in total. The van der Waals surface area contributed by atoms with Gasteiger partial charge in [0.05, 0.1) is 13.7 Å². The minimum absolute atomic E-state index is 0.0547. The summed E-state index contributed by atoms with van der Waals surface area (Å²) in [6.45, 7) is 0.184. The van der Waals surface area contributed by atoms with E-state index in [2.05, 4.69) is 10.6 Å². The van der Waals surface area contributed by atoms with E-state index in [-0.39, 0.29) is 23.8 Å². The molecule has 6 heteroatoms. The molecule has 0 unspecified atom stereocenters. The zero-order valence-electron chi connectivity index (χ0n) is 9.61. The summed E-state index contributed by atoms with van der Waals surface area (Å²) in [5.74, 6) is -1.08. The van der Waals surface area contributed by atoms with Crippen LogP contribution in [0.25, 0.3) is 0 Å². The number of amides is 1. The van der Waals surface area contributed by atoms with Crippen LogP contribution in [-0.4, -0.2) is 37.7 Å². The average Bonchev–Trinajstić information content (AvgIpc) is 2.28. The van der Waals surface area contributed by atoms with Gasteiger partial charge in [0.1, 0.15) is 11.3 Å². The summed E-state index contributed by atoms with van der Waals surface area (Å²) in [5, 5.41) is 14.2. The molecule has 0 heterocycles. The van der Waals surface area contributed by atoms with Crippen LogP contribution in [0.2, 0.25) is 0 Å². The monoisotopic (exact) mass is 238 g/mol. The smallest absolute Gasteiger partial charge is 0.339 e. The highest BCUT2D eigenvalue weighted by Gasteiger charge is 2.11. The Morgan fingerprint density at radius 1 is 1.41 bits per heavy atom. The fourth-order valence-electron chi connectivity index (χ4n) is 1.31. The Morgan fingerprint density at radius 2 is 2.12 bits per heavy atom. The molecule has 3 N–H and O–H groups in total. The van der Waals surface area contributed by atoms with Crippen LogP contribution in [0.3, 0.4) is 0 Å². The number of carboxylic acids is 1. The molecule has 0 aromatic heterocycles. The molecule has 0 saturated heterocycles. The number of carbonyl (C=O) groups is 2. The molecule has 0 atom stereocenters. The van der Waals surface area contributed by atoms with E-state index >= 15 is 0 Å². The maximum atomic E-state index is 11.3. The molecule has 1 amide bonds. The highest BCUT2D eigenvalue weighted by Crippen LogP contribution is 2.23. The van der Waals surface area contributed by atoms with Gasteiger partial charge in [-0.2, -0.15) is 0 Å². The van der Waals surface area contributed by atoms with E-state index in [1.807, 2.05) is 0 Å². The molecule has 0 aliphatic carbocycles. The minimum atomic E-state index is -1.07. The summed E-state index contributed by atoms with van der Waals surface area (Å²) < 4.78 is 4.94. The molecular formula is C11H14N2O4. The predicted molar refractivity (Wildman–Crippen MR) is 62.5 cm³/mol. The third-order valence-corrected chi connectivity index (χ3v) is 2.05. The minimum Gasteiger partial charge on any atom is -0.496 e. The molecule has 0 aliphatic rings. The fourth-order valence-corrected chi connectivity index (χ4v) is 1.31. The number of carbonyl (C=O) groups excluding carboxylic acids is 1. The Labute approximate surface area is 98.6 Å². The van der Waals surface area contributed by atoms with Crippen LogP contribution in [0.15, 0.2) is 18.2 Å². The zero-order chi connectivity index (χ0) is 12.8. The first-order valence-corrected chi connectivity index (χ1v) is 4.94. The Hall–Kier alpha value is -2.08. The number of nitrogens with one attached hydrogen (secondary N) is 2. The van der Waals surface area contributed by atoms with Gasteiger partial charge < -0.3 is 20.5 Å². The van der Waals surface area contributed by atoms with Crippen molar-refractivity contribution in [2.45, 2.75) is 0 Å². The molecule has 17 heavy (non-hydrogen) atoms. The third kappa shape index (κ3) is 3.46. The van der Waals surface area contributed by atoms with Gasteiger partial charge in [0, 0.05) is 11.8 Å². The van der Waals surface area contributed by atoms with Gasteiger partial charge in [0.15, 0.2) is 0 Å². The van der Waals surface area contributed by atoms with Crippen molar-refractivity contribution in [2.24, 2.45) is 0 Å². The first kappa shape index (κ1) is 13.0. The van der Waals surface area contributed by atoms with Gasteiger partial charge in [-0.3, -0.25) is 4.79 Å². The van der Waals surface area contributed by atoms with Crippen molar-refractivity contribution in [1.82, 2.24) is 5.32 Å². The third-order valence-electron chi connectivity index (χ3n) is 2.05. The van der Waals surface area contributed by atoms with Crippen molar-refractivity contribution >= 4 is 17.6 Å². The molecule has 0 saturated carbocycles. The first-order valence-electron chi connectivity index (χ1n) is 4.94. The Bertz CT molecular complexity index is 431. The molecule has 1 rings (SSSR count). The van der Waals surface area contributed by atoms with Gasteiger partial charge in [0.2, 0.25) is 5.91 Å². The first-order chi connectivity index (χ1) is 8.08. The average molecular weight is 238 g/mol. The van der Waals surface area contributed by atoms with E-state index < -0.39 is 5.97 Å². The SMILES string of the molecule is CNCC(=O)Nc1ccc(C(=O)O)c(OC)c1. The largest absolute Gasteiger partial charge is 0.496 e. The second kappa shape index (κ2) is 5.86. The number of methoxy groups -OCH3 is 1. The van der Waals surface area contributed by atoms with Gasteiger partial charge in [-0.25, -0.2) is 4.79 Å². The highest BCUT2D eigenvalue weighted by atomic mass is 16.5. The van der Waals surface area contributed by atoms with E-state index in [0.29, 0.717) is 5.69 Å². The van der Waals surface area contributed by atoms with Crippen LogP contribution in [0, 0.1) is 0 Å². The van der Waals surface area contributed by atoms with Crippen molar-refractivity contribution in [3.63, 3.8) is 0 Å². The van der Waals surface area contributed by atoms with Gasteiger partial charge in [0.25, 0.3) is 0 Å². The van der Waals surface area contributed by atoms with E-state index in [9.17, 15) is 9.59 Å². The van der Waals surface area contributed by atoms with Gasteiger partial charge in [-0.15, -0.1) is 0 Å². The van der Waals surface area contributed by atoms with Gasteiger partial charge >= 0.3 is 5.97 Å². The molecular weight excluding hydrogens is 224 g/mol. The molecule has 1 aromatic rings. The number of hydrogen-bond acceptors (Lipinski definition) is 4. The van der Waals surface area contributed by atoms with Crippen LogP contribution in [0.1, 0.15) is 10.4 Å². The lowest BCUT2D eigenvalue weighted by Crippen LogP contribution is -2.25. The van der Waals surface area contributed by atoms with E-state index in [0.717, 1.165) is 0 Å². The van der Waals surface area contributed by atoms with Gasteiger partial charge in [-0.1, -0.05) is 0 Å². The Kier molecular flexibility index (Phi) is 4.47. The van der Waals surface area contributed by atoms with Crippen molar-refractivity contribution in [1.29, 1.82) is 0 Å². The lowest BCUT2D eigenvalue weighted by atomic mass is 10.2. The zero-order valence-corrected chi connectivity index (χ0v) is 9.61. The Balaban J connectivity index is 2.90. The van der Waals surface area contributed by atoms with Crippen molar-refractivity contribution in [3.05, 3.63) is 23.8 Å². The topological polar surface area (TPSA) is 87.7 Å². The molecule has 92 valence electrons. The van der Waals surface area contributed by atoms with Crippen LogP contribution in [0.4, 0.5) is 5.69 Å². The van der Waals surface area contributed by atoms with Gasteiger partial charge in [-0.05, 0) is 19.2 Å². The summed E-state index contributed by atoms with van der Waals surface area (Å²) in [7, 11) is 3.04. The number of rotatable bonds is 5. The fraction of sp³-hybridized carbons (Fsp3) is 0.273. The maximum absolute atomic E-state index is 11.3. The van der Waals surface area contributed by atoms with E-state index in [4.69, 9.17) is 9.84 Å². The summed E-state index contributed by atoms with van der Waals surface area (Å²) in [4.78, 5) is 22.1. The predicted octanol–water partition coefficient (Wildman–Crippen LogP) is 0.551. The molecule has 0 fully saturated rings. The standard InChI is InChI=1S/C11H14N2O4/c1-12-6-10(14)13-7-3-4-8(11(15)16)9(5-7)17-2/h3-5,12H,6H2,1-2H3,(H,13,14)(H,15,16). The van der Waals surface area contributed by atoms with Crippen molar-refractivity contribution < 1.29 is 19.4 Å². The lowest BCUT2D eigenvalue weighted by molar-refractivity contribution is -0.115. The number of aromatic carboxylic acids is 1. The number of carboxylic acid groups (broad SMARTS) is 1. The van der Waals surface area contributed by atoms with Crippen molar-refractivity contribution in [2.75, 3.05) is 26.0 Å². The second-order valence-electron chi connectivity index (χ2n) is 3.30. The highest BCUT2D eigenvalue weighted by molar-refractivity contribution is 5.95. The summed E-state index contributed by atoms with van der Waals surface area (Å²) in [6.07, 6.45) is 0. The van der Waals surface area contributed by atoms with Crippen LogP contribution in [-0.2, 0) is 4.79 Å². The lowest BCUT2D eigenvalue weighted by Gasteiger charge is -2.09. The molecule has 1 aromatic carbocycles. The van der Waals surface area contributed by atoms with Crippen LogP contribution < -0.4 is 15.4 Å². The summed E-state index contributed by atoms with van der Waals surface area (Å²) in [5.41, 5.74) is 0.547. The normalized spacial score (nSPS) is 9.76. The number of benzene rings is 1. The van der Waals surface area contributed by atoms with Crippen molar-refractivity contribution in [3.8, 4) is 5.75 Å². The summed E-state index contributed by atoms with van der Waals surface area (Å²) in [6, 6.07) is 4.37. The quantitative estimate of drug-likeness (QED) is 0.697. The Morgan fingerprint density at radius 3 is 2.65 bits per heavy atom. The molecule has 0 spiro atoms. The second-order valence-corrected chi connectivity index (χ2v) is 3.30. The maximum Gasteiger partial charge on any atom is 0.339 e. The van der Waals surface area contributed by atoms with Crippen LogP contribution in [0.5, 0.6) is 5.75 Å². The molecule has 0 radical (unpaired) electrons. The number of hydrogen-bond donors (Lipinski definition) is 3. The molecule has 0 aliphatic heterocycles. The van der Waals surface area contributed by atoms with Crippen LogP contribution >= 0.6 is 0 Å². The van der Waals surface area contributed by atoms with E-state index in [1.54, 1.807) is 7.05 Å². The molecule has 0 bridgehead atoms. The number of likely N-dealkylation sites (N-methyl/N-ethyl adjacent to an activating group) is 1.